The fourth-order valence-corrected chi connectivity index (χ4v) is 2.61. The third kappa shape index (κ3) is 3.64. The van der Waals surface area contributed by atoms with Crippen molar-refractivity contribution in [3.8, 4) is 0 Å². The number of nitrogens with two attached hydrogens (primary N) is 1. The summed E-state index contributed by atoms with van der Waals surface area (Å²) in [6.45, 7) is 0.749. The number of anilines is 1. The van der Waals surface area contributed by atoms with E-state index in [0.29, 0.717) is 22.3 Å². The minimum absolute atomic E-state index is 0.304. The fraction of sp³-hybridized carbons (Fsp3) is 0.583. The topological polar surface area (TPSA) is 50.9 Å². The molecule has 2 atom stereocenters. The molecule has 5 heteroatoms. The first kappa shape index (κ1) is 12.8. The molecule has 2 rings (SSSR count). The number of hydrogen-bond donors (Lipinski definition) is 2. The Balaban J connectivity index is 1.88. The summed E-state index contributed by atoms with van der Waals surface area (Å²) in [6.07, 6.45) is 6.06. The lowest BCUT2D eigenvalue weighted by atomic mass is 9.86. The van der Waals surface area contributed by atoms with E-state index in [1.54, 1.807) is 6.20 Å². The van der Waals surface area contributed by atoms with Crippen LogP contribution in [0.5, 0.6) is 0 Å². The van der Waals surface area contributed by atoms with Gasteiger partial charge in [0.1, 0.15) is 0 Å². The molecule has 17 heavy (non-hydrogen) atoms. The lowest BCUT2D eigenvalue weighted by Crippen LogP contribution is -2.31. The second kappa shape index (κ2) is 5.78. The highest BCUT2D eigenvalue weighted by atomic mass is 79.9. The molecule has 3 N–H and O–H groups in total. The van der Waals surface area contributed by atoms with Crippen molar-refractivity contribution in [3.05, 3.63) is 22.6 Å². The minimum Gasteiger partial charge on any atom is -0.367 e. The normalized spacial score (nSPS) is 24.6. The van der Waals surface area contributed by atoms with Gasteiger partial charge in [0.25, 0.3) is 0 Å². The predicted octanol–water partition coefficient (Wildman–Crippen LogP) is 2.91. The van der Waals surface area contributed by atoms with Gasteiger partial charge in [-0.3, -0.25) is 0 Å². The third-order valence-corrected chi connectivity index (χ3v) is 3.62. The number of hydrogen-bond acceptors (Lipinski definition) is 3. The van der Waals surface area contributed by atoms with Crippen LogP contribution in [0.1, 0.15) is 25.7 Å². The first-order valence-electron chi connectivity index (χ1n) is 5.95. The lowest BCUT2D eigenvalue weighted by molar-refractivity contribution is 0.334. The summed E-state index contributed by atoms with van der Waals surface area (Å²) in [6, 6.07) is 1.72. The van der Waals surface area contributed by atoms with Crippen LogP contribution in [-0.4, -0.2) is 17.6 Å². The van der Waals surface area contributed by atoms with Crippen LogP contribution in [0.3, 0.4) is 0 Å². The molecule has 3 nitrogen and oxygen atoms in total. The smallest absolute Gasteiger partial charge is 0.166 e. The summed E-state index contributed by atoms with van der Waals surface area (Å²) in [5.74, 6) is 0.537. The maximum atomic E-state index is 13.5. The summed E-state index contributed by atoms with van der Waals surface area (Å²) in [5.41, 5.74) is 5.92. The maximum absolute atomic E-state index is 13.5. The van der Waals surface area contributed by atoms with Gasteiger partial charge in [0.2, 0.25) is 0 Å². The van der Waals surface area contributed by atoms with Gasteiger partial charge in [0.15, 0.2) is 11.6 Å². The molecule has 0 amide bonds. The van der Waals surface area contributed by atoms with Gasteiger partial charge in [0, 0.05) is 23.3 Å². The van der Waals surface area contributed by atoms with Crippen molar-refractivity contribution < 1.29 is 4.39 Å². The fourth-order valence-electron chi connectivity index (χ4n) is 2.30. The molecule has 0 aromatic carbocycles. The zero-order valence-corrected chi connectivity index (χ0v) is 11.2. The monoisotopic (exact) mass is 301 g/mol. The summed E-state index contributed by atoms with van der Waals surface area (Å²) in [7, 11) is 0. The molecule has 1 saturated carbocycles. The molecular formula is C12H17BrFN3. The van der Waals surface area contributed by atoms with Gasteiger partial charge >= 0.3 is 0 Å². The van der Waals surface area contributed by atoms with Crippen LogP contribution in [0.2, 0.25) is 0 Å². The van der Waals surface area contributed by atoms with Crippen LogP contribution in [0, 0.1) is 11.7 Å². The quantitative estimate of drug-likeness (QED) is 0.902. The molecular weight excluding hydrogens is 285 g/mol. The summed E-state index contributed by atoms with van der Waals surface area (Å²) in [4.78, 5) is 4.02. The first-order valence-corrected chi connectivity index (χ1v) is 6.75. The molecule has 0 spiro atoms. The third-order valence-electron chi connectivity index (χ3n) is 3.19. The van der Waals surface area contributed by atoms with Crippen molar-refractivity contribution in [3.63, 3.8) is 0 Å². The second-order valence-electron chi connectivity index (χ2n) is 4.66. The standard InChI is InChI=1S/C12H17BrFN3/c13-9-5-11(14)12(17-7-9)16-6-8-2-1-3-10(15)4-8/h5,7-8,10H,1-4,6,15H2,(H,16,17). The number of rotatable bonds is 3. The molecule has 0 aliphatic heterocycles. The van der Waals surface area contributed by atoms with Crippen molar-refractivity contribution in [1.29, 1.82) is 0 Å². The van der Waals surface area contributed by atoms with E-state index in [9.17, 15) is 4.39 Å². The number of halogens is 2. The van der Waals surface area contributed by atoms with Gasteiger partial charge in [-0.1, -0.05) is 6.42 Å². The molecule has 0 saturated heterocycles. The largest absolute Gasteiger partial charge is 0.367 e. The van der Waals surface area contributed by atoms with Crippen LogP contribution >= 0.6 is 15.9 Å². The van der Waals surface area contributed by atoms with Gasteiger partial charge in [0.05, 0.1) is 0 Å². The zero-order valence-electron chi connectivity index (χ0n) is 9.63. The number of aromatic nitrogens is 1. The maximum Gasteiger partial charge on any atom is 0.166 e. The number of nitrogens with one attached hydrogen (secondary N) is 1. The Kier molecular flexibility index (Phi) is 4.34. The Morgan fingerprint density at radius 1 is 1.53 bits per heavy atom. The van der Waals surface area contributed by atoms with E-state index in [1.807, 2.05) is 0 Å². The Morgan fingerprint density at radius 3 is 3.06 bits per heavy atom. The van der Waals surface area contributed by atoms with Crippen molar-refractivity contribution >= 4 is 21.7 Å². The van der Waals surface area contributed by atoms with Crippen molar-refractivity contribution in [1.82, 2.24) is 4.98 Å². The van der Waals surface area contributed by atoms with Crippen molar-refractivity contribution in [2.45, 2.75) is 31.7 Å². The lowest BCUT2D eigenvalue weighted by Gasteiger charge is -2.26. The molecule has 1 heterocycles. The van der Waals surface area contributed by atoms with E-state index >= 15 is 0 Å². The van der Waals surface area contributed by atoms with Crippen LogP contribution in [0.15, 0.2) is 16.7 Å². The Bertz CT molecular complexity index is 386. The van der Waals surface area contributed by atoms with E-state index in [1.165, 1.54) is 18.9 Å². The van der Waals surface area contributed by atoms with Gasteiger partial charge in [-0.2, -0.15) is 0 Å². The molecule has 1 aromatic heterocycles. The molecule has 0 bridgehead atoms. The molecule has 94 valence electrons. The Morgan fingerprint density at radius 2 is 2.35 bits per heavy atom. The van der Waals surface area contributed by atoms with Gasteiger partial charge < -0.3 is 11.1 Å². The van der Waals surface area contributed by atoms with E-state index in [4.69, 9.17) is 5.73 Å². The van der Waals surface area contributed by atoms with E-state index in [0.717, 1.165) is 19.4 Å². The van der Waals surface area contributed by atoms with Crippen molar-refractivity contribution in [2.24, 2.45) is 11.7 Å². The molecule has 1 aliphatic rings. The average Bonchev–Trinajstić information content (AvgIpc) is 2.28. The average molecular weight is 302 g/mol. The minimum atomic E-state index is -0.320. The van der Waals surface area contributed by atoms with Crippen molar-refractivity contribution in [2.75, 3.05) is 11.9 Å². The van der Waals surface area contributed by atoms with E-state index < -0.39 is 0 Å². The molecule has 2 unspecified atom stereocenters. The first-order chi connectivity index (χ1) is 8.15. The van der Waals surface area contributed by atoms with Crippen LogP contribution < -0.4 is 11.1 Å². The molecule has 1 aliphatic carbocycles. The highest BCUT2D eigenvalue weighted by molar-refractivity contribution is 9.10. The Hall–Kier alpha value is -0.680. The number of nitrogens with zero attached hydrogens (tertiary/aromatic N) is 1. The molecule has 1 aromatic rings. The van der Waals surface area contributed by atoms with Gasteiger partial charge in [-0.25, -0.2) is 9.37 Å². The van der Waals surface area contributed by atoms with Gasteiger partial charge in [-0.05, 0) is 47.2 Å². The second-order valence-corrected chi connectivity index (χ2v) is 5.57. The summed E-state index contributed by atoms with van der Waals surface area (Å²) < 4.78 is 14.2. The highest BCUT2D eigenvalue weighted by Crippen LogP contribution is 2.24. The van der Waals surface area contributed by atoms with Crippen LogP contribution in [0.25, 0.3) is 0 Å². The Labute approximate surface area is 109 Å². The summed E-state index contributed by atoms with van der Waals surface area (Å²) >= 11 is 3.19. The molecule has 0 radical (unpaired) electrons. The molecule has 1 fully saturated rings. The highest BCUT2D eigenvalue weighted by Gasteiger charge is 2.19. The number of pyridine rings is 1. The predicted molar refractivity (Wildman–Crippen MR) is 70.3 cm³/mol. The van der Waals surface area contributed by atoms with Crippen LogP contribution in [-0.2, 0) is 0 Å². The van der Waals surface area contributed by atoms with Gasteiger partial charge in [-0.15, -0.1) is 0 Å². The summed E-state index contributed by atoms with van der Waals surface area (Å²) in [5, 5.41) is 3.07. The van der Waals surface area contributed by atoms with E-state index in [-0.39, 0.29) is 5.82 Å². The SMILES string of the molecule is NC1CCCC(CNc2ncc(Br)cc2F)C1. The van der Waals surface area contributed by atoms with Crippen LogP contribution in [0.4, 0.5) is 10.2 Å². The zero-order chi connectivity index (χ0) is 12.3. The van der Waals surface area contributed by atoms with E-state index in [2.05, 4.69) is 26.2 Å².